The number of likely N-dealkylation sites (tertiary alicyclic amines) is 1. The SMILES string of the molecule is Cc1n[nH]c(=O)c2c(NC(=O)CN3CCCC4CCCCC43)oc(C)c12. The molecule has 140 valence electrons. The predicted molar refractivity (Wildman–Crippen MR) is 99.3 cm³/mol. The van der Waals surface area contributed by atoms with Crippen LogP contribution in [0.3, 0.4) is 0 Å². The highest BCUT2D eigenvalue weighted by Crippen LogP contribution is 2.35. The van der Waals surface area contributed by atoms with Crippen LogP contribution in [0.25, 0.3) is 10.8 Å². The number of piperidine rings is 1. The number of amides is 1. The Labute approximate surface area is 152 Å². The molecule has 3 heterocycles. The zero-order chi connectivity index (χ0) is 18.3. The summed E-state index contributed by atoms with van der Waals surface area (Å²) in [4.78, 5) is 27.2. The van der Waals surface area contributed by atoms with Gasteiger partial charge < -0.3 is 4.42 Å². The fraction of sp³-hybridized carbons (Fsp3) is 0.632. The van der Waals surface area contributed by atoms with Crippen molar-refractivity contribution in [3.8, 4) is 0 Å². The number of rotatable bonds is 3. The molecule has 2 atom stereocenters. The Bertz CT molecular complexity index is 883. The maximum absolute atomic E-state index is 12.7. The van der Waals surface area contributed by atoms with E-state index in [1.807, 2.05) is 6.92 Å². The van der Waals surface area contributed by atoms with Gasteiger partial charge in [0, 0.05) is 6.04 Å². The maximum atomic E-state index is 12.7. The molecule has 2 aliphatic rings. The summed E-state index contributed by atoms with van der Waals surface area (Å²) in [7, 11) is 0. The molecule has 0 spiro atoms. The Morgan fingerprint density at radius 2 is 2.00 bits per heavy atom. The zero-order valence-electron chi connectivity index (χ0n) is 15.4. The molecular weight excluding hydrogens is 332 g/mol. The van der Waals surface area contributed by atoms with Crippen LogP contribution in [0.1, 0.15) is 50.0 Å². The smallest absolute Gasteiger partial charge is 0.277 e. The second-order valence-corrected chi connectivity index (χ2v) is 7.65. The summed E-state index contributed by atoms with van der Waals surface area (Å²) in [6.07, 6.45) is 7.48. The molecule has 1 aliphatic carbocycles. The van der Waals surface area contributed by atoms with E-state index >= 15 is 0 Å². The summed E-state index contributed by atoms with van der Waals surface area (Å²) in [5, 5.41) is 10.3. The zero-order valence-corrected chi connectivity index (χ0v) is 15.4. The first-order valence-corrected chi connectivity index (χ1v) is 9.57. The molecule has 1 aliphatic heterocycles. The lowest BCUT2D eigenvalue weighted by Gasteiger charge is -2.43. The molecule has 1 amide bonds. The summed E-state index contributed by atoms with van der Waals surface area (Å²) < 4.78 is 5.68. The number of aromatic amines is 1. The van der Waals surface area contributed by atoms with Gasteiger partial charge in [-0.15, -0.1) is 0 Å². The summed E-state index contributed by atoms with van der Waals surface area (Å²) in [5.41, 5.74) is 0.338. The average molecular weight is 358 g/mol. The van der Waals surface area contributed by atoms with Crippen LogP contribution in [0.5, 0.6) is 0 Å². The molecule has 1 saturated carbocycles. The predicted octanol–water partition coefficient (Wildman–Crippen LogP) is 2.73. The first-order valence-electron chi connectivity index (χ1n) is 9.57. The van der Waals surface area contributed by atoms with Crippen molar-refractivity contribution in [1.29, 1.82) is 0 Å². The van der Waals surface area contributed by atoms with Gasteiger partial charge in [0.15, 0.2) is 0 Å². The number of nitrogens with zero attached hydrogens (tertiary/aromatic N) is 2. The number of anilines is 1. The minimum atomic E-state index is -0.344. The minimum absolute atomic E-state index is 0.124. The fourth-order valence-corrected chi connectivity index (χ4v) is 4.81. The van der Waals surface area contributed by atoms with Crippen LogP contribution < -0.4 is 10.9 Å². The number of fused-ring (bicyclic) bond motifs is 2. The van der Waals surface area contributed by atoms with Crippen molar-refractivity contribution in [2.24, 2.45) is 5.92 Å². The Hall–Kier alpha value is -2.15. The van der Waals surface area contributed by atoms with Crippen molar-refractivity contribution in [1.82, 2.24) is 15.1 Å². The molecule has 2 fully saturated rings. The monoisotopic (exact) mass is 358 g/mol. The van der Waals surface area contributed by atoms with Crippen molar-refractivity contribution in [3.05, 3.63) is 21.8 Å². The van der Waals surface area contributed by atoms with Crippen LogP contribution in [0, 0.1) is 19.8 Å². The van der Waals surface area contributed by atoms with E-state index in [0.29, 0.717) is 34.8 Å². The van der Waals surface area contributed by atoms with Gasteiger partial charge in [-0.05, 0) is 52.0 Å². The van der Waals surface area contributed by atoms with Crippen LogP contribution in [-0.4, -0.2) is 40.1 Å². The summed E-state index contributed by atoms with van der Waals surface area (Å²) in [6.45, 7) is 4.91. The highest BCUT2D eigenvalue weighted by molar-refractivity contribution is 6.01. The molecule has 2 N–H and O–H groups in total. The van der Waals surface area contributed by atoms with Crippen LogP contribution in [0.4, 0.5) is 5.88 Å². The van der Waals surface area contributed by atoms with Gasteiger partial charge in [0.25, 0.3) is 5.56 Å². The molecule has 4 rings (SSSR count). The number of carbonyl (C=O) groups is 1. The van der Waals surface area contributed by atoms with Gasteiger partial charge in [0.05, 0.1) is 17.6 Å². The normalized spacial score (nSPS) is 23.8. The van der Waals surface area contributed by atoms with Crippen molar-refractivity contribution >= 4 is 22.6 Å². The molecule has 0 aromatic carbocycles. The molecule has 0 bridgehead atoms. The minimum Gasteiger partial charge on any atom is -0.444 e. The summed E-state index contributed by atoms with van der Waals surface area (Å²) >= 11 is 0. The number of hydrogen-bond donors (Lipinski definition) is 2. The van der Waals surface area contributed by atoms with E-state index in [9.17, 15) is 9.59 Å². The van der Waals surface area contributed by atoms with Crippen molar-refractivity contribution < 1.29 is 9.21 Å². The van der Waals surface area contributed by atoms with E-state index in [1.54, 1.807) is 6.92 Å². The van der Waals surface area contributed by atoms with Gasteiger partial charge in [0.2, 0.25) is 11.8 Å². The summed E-state index contributed by atoms with van der Waals surface area (Å²) in [6, 6.07) is 0.521. The van der Waals surface area contributed by atoms with Gasteiger partial charge in [-0.3, -0.25) is 19.8 Å². The van der Waals surface area contributed by atoms with Gasteiger partial charge in [-0.1, -0.05) is 12.8 Å². The fourth-order valence-electron chi connectivity index (χ4n) is 4.81. The van der Waals surface area contributed by atoms with E-state index in [4.69, 9.17) is 4.42 Å². The quantitative estimate of drug-likeness (QED) is 0.880. The Balaban J connectivity index is 1.53. The highest BCUT2D eigenvalue weighted by Gasteiger charge is 2.34. The van der Waals surface area contributed by atoms with Crippen molar-refractivity contribution in [2.45, 2.75) is 58.4 Å². The molecular formula is C19H26N4O3. The van der Waals surface area contributed by atoms with Crippen molar-refractivity contribution in [2.75, 3.05) is 18.4 Å². The average Bonchev–Trinajstić information content (AvgIpc) is 2.96. The number of hydrogen-bond acceptors (Lipinski definition) is 5. The highest BCUT2D eigenvalue weighted by atomic mass is 16.4. The van der Waals surface area contributed by atoms with Gasteiger partial charge >= 0.3 is 0 Å². The third-order valence-corrected chi connectivity index (χ3v) is 5.96. The Morgan fingerprint density at radius 1 is 1.23 bits per heavy atom. The molecule has 2 unspecified atom stereocenters. The van der Waals surface area contributed by atoms with Crippen molar-refractivity contribution in [3.63, 3.8) is 0 Å². The molecule has 2 aromatic heterocycles. The van der Waals surface area contributed by atoms with Gasteiger partial charge in [0.1, 0.15) is 11.1 Å². The summed E-state index contributed by atoms with van der Waals surface area (Å²) in [5.74, 6) is 1.43. The van der Waals surface area contributed by atoms with Crippen LogP contribution in [0.15, 0.2) is 9.21 Å². The first-order chi connectivity index (χ1) is 12.5. The standard InChI is InChI=1S/C19H26N4O3/c1-11-16-12(2)26-19(17(16)18(25)22-21-11)20-15(24)10-23-9-5-7-13-6-3-4-8-14(13)23/h13-14H,3-10H2,1-2H3,(H,20,24)(H,22,25). The van der Waals surface area contributed by atoms with E-state index in [1.165, 1.54) is 32.1 Å². The molecule has 26 heavy (non-hydrogen) atoms. The third kappa shape index (κ3) is 3.05. The Morgan fingerprint density at radius 3 is 2.85 bits per heavy atom. The van der Waals surface area contributed by atoms with Gasteiger partial charge in [-0.2, -0.15) is 5.10 Å². The van der Waals surface area contributed by atoms with Crippen LogP contribution >= 0.6 is 0 Å². The van der Waals surface area contributed by atoms with Crippen LogP contribution in [-0.2, 0) is 4.79 Å². The molecule has 7 heteroatoms. The molecule has 0 radical (unpaired) electrons. The largest absolute Gasteiger partial charge is 0.444 e. The second kappa shape index (κ2) is 6.87. The second-order valence-electron chi connectivity index (χ2n) is 7.65. The van der Waals surface area contributed by atoms with E-state index in [-0.39, 0.29) is 17.4 Å². The van der Waals surface area contributed by atoms with Gasteiger partial charge in [-0.25, -0.2) is 5.10 Å². The number of aromatic nitrogens is 2. The molecule has 7 nitrogen and oxygen atoms in total. The lowest BCUT2D eigenvalue weighted by atomic mass is 9.78. The lowest BCUT2D eigenvalue weighted by molar-refractivity contribution is -0.119. The van der Waals surface area contributed by atoms with E-state index in [0.717, 1.165) is 18.9 Å². The molecule has 1 saturated heterocycles. The van der Waals surface area contributed by atoms with Crippen LogP contribution in [0.2, 0.25) is 0 Å². The number of carbonyl (C=O) groups excluding carboxylic acids is 1. The number of nitrogens with one attached hydrogen (secondary N) is 2. The third-order valence-electron chi connectivity index (χ3n) is 5.96. The topological polar surface area (TPSA) is 91.2 Å². The first kappa shape index (κ1) is 17.3. The Kier molecular flexibility index (Phi) is 4.56. The number of furan rings is 1. The van der Waals surface area contributed by atoms with E-state index in [2.05, 4.69) is 20.4 Å². The number of H-pyrrole nitrogens is 1. The number of aryl methyl sites for hydroxylation is 2. The maximum Gasteiger partial charge on any atom is 0.277 e. The molecule has 2 aromatic rings. The van der Waals surface area contributed by atoms with E-state index < -0.39 is 0 Å². The lowest BCUT2D eigenvalue weighted by Crippen LogP contribution is -2.49.